The van der Waals surface area contributed by atoms with E-state index in [4.69, 9.17) is 18.9 Å². The van der Waals surface area contributed by atoms with Crippen LogP contribution in [0.1, 0.15) is 88.0 Å². The number of cyclic esters (lactones) is 1. The number of hydrogen-bond acceptors (Lipinski definition) is 10. The number of carbonyl (C=O) groups excluding carboxylic acids is 4. The van der Waals surface area contributed by atoms with Crippen LogP contribution in [0.4, 0.5) is 0 Å². The molecule has 0 bridgehead atoms. The third kappa shape index (κ3) is 8.94. The topological polar surface area (TPSA) is 129 Å². The molecule has 0 aromatic heterocycles. The number of Topliss-reactive ketones (excluding diaryl/α,β-unsaturated/α-hetero) is 2. The van der Waals surface area contributed by atoms with Crippen molar-refractivity contribution in [1.82, 2.24) is 4.90 Å². The number of rotatable bonds is 6. The van der Waals surface area contributed by atoms with E-state index in [0.29, 0.717) is 31.3 Å². The minimum Gasteiger partial charge on any atom is -0.458 e. The van der Waals surface area contributed by atoms with Crippen molar-refractivity contribution in [3.63, 3.8) is 0 Å². The molecule has 2 aliphatic rings. The molecule has 1 unspecified atom stereocenters. The first-order valence-electron chi connectivity index (χ1n) is 15.3. The molecule has 11 atom stereocenters. The molecular formula is C32H53NO9. The van der Waals surface area contributed by atoms with Crippen LogP contribution in [0.5, 0.6) is 0 Å². The number of hydrogen-bond donors (Lipinski definition) is 1. The van der Waals surface area contributed by atoms with Crippen molar-refractivity contribution < 1.29 is 43.2 Å². The molecule has 42 heavy (non-hydrogen) atoms. The lowest BCUT2D eigenvalue weighted by Gasteiger charge is -2.45. The number of nitrogens with zero attached hydrogens (tertiary/aromatic N) is 1. The van der Waals surface area contributed by atoms with Crippen molar-refractivity contribution >= 4 is 23.5 Å². The van der Waals surface area contributed by atoms with Crippen LogP contribution in [0, 0.1) is 23.7 Å². The maximum Gasteiger partial charge on any atom is 0.316 e. The summed E-state index contributed by atoms with van der Waals surface area (Å²) in [5.74, 6) is -4.43. The van der Waals surface area contributed by atoms with Crippen LogP contribution in [-0.2, 0) is 38.1 Å². The van der Waals surface area contributed by atoms with Gasteiger partial charge in [0.05, 0.1) is 18.2 Å². The molecule has 0 saturated carbocycles. The molecule has 0 radical (unpaired) electrons. The fourth-order valence-electron chi connectivity index (χ4n) is 6.29. The first kappa shape index (κ1) is 36.1. The van der Waals surface area contributed by atoms with Gasteiger partial charge in [-0.1, -0.05) is 34.1 Å². The number of allylic oxidation sites excluding steroid dienone is 1. The van der Waals surface area contributed by atoms with Gasteiger partial charge in [-0.15, -0.1) is 0 Å². The summed E-state index contributed by atoms with van der Waals surface area (Å²) in [6.07, 6.45) is -0.197. The van der Waals surface area contributed by atoms with Gasteiger partial charge in [0.15, 0.2) is 24.0 Å². The third-order valence-electron chi connectivity index (χ3n) is 8.66. The second-order valence-corrected chi connectivity index (χ2v) is 12.9. The maximum absolute atomic E-state index is 13.8. The van der Waals surface area contributed by atoms with Crippen molar-refractivity contribution in [2.24, 2.45) is 23.7 Å². The molecule has 0 spiro atoms. The van der Waals surface area contributed by atoms with E-state index < -0.39 is 59.9 Å². The lowest BCUT2D eigenvalue weighted by atomic mass is 9.79. The Morgan fingerprint density at radius 2 is 1.71 bits per heavy atom. The lowest BCUT2D eigenvalue weighted by Crippen LogP contribution is -2.57. The highest BCUT2D eigenvalue weighted by Crippen LogP contribution is 2.34. The summed E-state index contributed by atoms with van der Waals surface area (Å²) < 4.78 is 24.2. The lowest BCUT2D eigenvalue weighted by molar-refractivity contribution is -0.282. The van der Waals surface area contributed by atoms with E-state index in [-0.39, 0.29) is 29.6 Å². The summed E-state index contributed by atoms with van der Waals surface area (Å²) in [6, 6.07) is -0.187. The van der Waals surface area contributed by atoms with Crippen LogP contribution < -0.4 is 0 Å². The van der Waals surface area contributed by atoms with E-state index in [9.17, 15) is 24.3 Å². The zero-order valence-electron chi connectivity index (χ0n) is 27.3. The average molecular weight is 596 g/mol. The summed E-state index contributed by atoms with van der Waals surface area (Å²) in [7, 11) is 3.79. The monoisotopic (exact) mass is 595 g/mol. The van der Waals surface area contributed by atoms with Gasteiger partial charge in [-0.05, 0) is 78.6 Å². The molecule has 0 aromatic carbocycles. The van der Waals surface area contributed by atoms with Gasteiger partial charge in [0.1, 0.15) is 17.6 Å². The number of likely N-dealkylation sites (N-methyl/N-ethyl adjacent to an activating group) is 1. The standard InChI is InChI=1S/C32H53NO9/c1-12-13-25-32(9,38)16-19(4)26(35)17(2)14-18(3)28(21(6)27(36)22(7)30(37)41-25)42-31-29(40-23(8)34)24(33(10)11)15-20(5)39-31/h16-18,20-22,24-25,28-29,31,38H,12-15H2,1-11H3/b19-16+/t17-,18+,20+,21+,22-,24?,25-,28+,29-,31+,32+/m1/s1. The van der Waals surface area contributed by atoms with Gasteiger partial charge in [0, 0.05) is 18.8 Å². The minimum atomic E-state index is -1.59. The van der Waals surface area contributed by atoms with Crippen LogP contribution in [0.2, 0.25) is 0 Å². The zero-order chi connectivity index (χ0) is 32.1. The molecular weight excluding hydrogens is 542 g/mol. The van der Waals surface area contributed by atoms with Crippen LogP contribution in [-0.4, -0.2) is 90.0 Å². The van der Waals surface area contributed by atoms with Crippen LogP contribution in [0.25, 0.3) is 0 Å². The molecule has 1 N–H and O–H groups in total. The molecule has 0 amide bonds. The Kier molecular flexibility index (Phi) is 12.9. The zero-order valence-corrected chi connectivity index (χ0v) is 27.3. The Bertz CT molecular complexity index is 1010. The quantitative estimate of drug-likeness (QED) is 0.357. The van der Waals surface area contributed by atoms with Gasteiger partial charge in [-0.25, -0.2) is 0 Å². The fourth-order valence-corrected chi connectivity index (χ4v) is 6.29. The predicted octanol–water partition coefficient (Wildman–Crippen LogP) is 3.86. The van der Waals surface area contributed by atoms with Gasteiger partial charge >= 0.3 is 11.9 Å². The van der Waals surface area contributed by atoms with Gasteiger partial charge in [-0.2, -0.15) is 0 Å². The van der Waals surface area contributed by atoms with E-state index in [0.717, 1.165) is 0 Å². The highest BCUT2D eigenvalue weighted by atomic mass is 16.7. The average Bonchev–Trinajstić information content (AvgIpc) is 2.89. The predicted molar refractivity (Wildman–Crippen MR) is 157 cm³/mol. The number of ether oxygens (including phenoxy) is 4. The maximum atomic E-state index is 13.8. The van der Waals surface area contributed by atoms with Crippen LogP contribution >= 0.6 is 0 Å². The highest BCUT2D eigenvalue weighted by molar-refractivity contribution is 6.00. The molecule has 0 aliphatic carbocycles. The van der Waals surface area contributed by atoms with Gasteiger partial charge in [0.2, 0.25) is 0 Å². The third-order valence-corrected chi connectivity index (χ3v) is 8.66. The Morgan fingerprint density at radius 3 is 2.26 bits per heavy atom. The second kappa shape index (κ2) is 15.0. The van der Waals surface area contributed by atoms with Gasteiger partial charge in [-0.3, -0.25) is 19.2 Å². The van der Waals surface area contributed by atoms with Crippen molar-refractivity contribution in [3.8, 4) is 0 Å². The summed E-state index contributed by atoms with van der Waals surface area (Å²) >= 11 is 0. The molecule has 10 nitrogen and oxygen atoms in total. The molecule has 1 fully saturated rings. The minimum absolute atomic E-state index is 0.153. The van der Waals surface area contributed by atoms with Crippen LogP contribution in [0.15, 0.2) is 11.6 Å². The summed E-state index contributed by atoms with van der Waals surface area (Å²) in [5.41, 5.74) is -1.22. The summed E-state index contributed by atoms with van der Waals surface area (Å²) in [5, 5.41) is 11.3. The normalized spacial score (nSPS) is 40.6. The van der Waals surface area contributed by atoms with E-state index >= 15 is 0 Å². The molecule has 1 saturated heterocycles. The molecule has 2 aliphatic heterocycles. The Morgan fingerprint density at radius 1 is 1.10 bits per heavy atom. The number of esters is 2. The Hall–Kier alpha value is -2.14. The van der Waals surface area contributed by atoms with E-state index in [1.54, 1.807) is 13.8 Å². The number of aliphatic hydroxyl groups is 1. The van der Waals surface area contributed by atoms with E-state index in [1.807, 2.05) is 46.7 Å². The first-order valence-corrected chi connectivity index (χ1v) is 15.3. The summed E-state index contributed by atoms with van der Waals surface area (Å²) in [6.45, 7) is 15.2. The Balaban J connectivity index is 2.56. The van der Waals surface area contributed by atoms with Crippen molar-refractivity contribution in [2.75, 3.05) is 14.1 Å². The molecule has 240 valence electrons. The SMILES string of the molecule is CCC[C@H]1OC(=O)[C@H](C)C(=O)[C@H](C)[C@@H](O[C@@H]2O[C@@H](C)CC(N(C)C)[C@H]2OC(C)=O)[C@@H](C)C[C@@H](C)C(=O)/C(C)=C/[C@]1(C)O. The van der Waals surface area contributed by atoms with Gasteiger partial charge < -0.3 is 29.0 Å². The Labute approximate surface area is 251 Å². The first-order chi connectivity index (χ1) is 19.4. The molecule has 2 heterocycles. The van der Waals surface area contributed by atoms with Crippen molar-refractivity contribution in [2.45, 2.75) is 130 Å². The summed E-state index contributed by atoms with van der Waals surface area (Å²) in [4.78, 5) is 54.5. The fraction of sp³-hybridized carbons (Fsp3) is 0.812. The van der Waals surface area contributed by atoms with Gasteiger partial charge in [0.25, 0.3) is 0 Å². The molecule has 0 aromatic rings. The van der Waals surface area contributed by atoms with E-state index in [2.05, 4.69) is 0 Å². The number of ketones is 2. The molecule has 2 rings (SSSR count). The largest absolute Gasteiger partial charge is 0.458 e. The molecule has 10 heteroatoms. The second-order valence-electron chi connectivity index (χ2n) is 12.9. The van der Waals surface area contributed by atoms with Crippen LogP contribution in [0.3, 0.4) is 0 Å². The van der Waals surface area contributed by atoms with Crippen molar-refractivity contribution in [3.05, 3.63) is 11.6 Å². The van der Waals surface area contributed by atoms with Crippen molar-refractivity contribution in [1.29, 1.82) is 0 Å². The smallest absolute Gasteiger partial charge is 0.316 e. The highest BCUT2D eigenvalue weighted by Gasteiger charge is 2.46. The van der Waals surface area contributed by atoms with E-state index in [1.165, 1.54) is 26.8 Å². The number of carbonyl (C=O) groups is 4.